The topological polar surface area (TPSA) is 187 Å². The predicted molar refractivity (Wildman–Crippen MR) is 117 cm³/mol. The van der Waals surface area contributed by atoms with Crippen molar-refractivity contribution in [1.29, 1.82) is 0 Å². The lowest BCUT2D eigenvalue weighted by molar-refractivity contribution is -0.384. The highest BCUT2D eigenvalue weighted by atomic mass is 16.6. The molecule has 0 fully saturated rings. The summed E-state index contributed by atoms with van der Waals surface area (Å²) in [5.41, 5.74) is 0.0489. The van der Waals surface area contributed by atoms with Gasteiger partial charge in [-0.15, -0.1) is 0 Å². The summed E-state index contributed by atoms with van der Waals surface area (Å²) in [5, 5.41) is 28.0. The Morgan fingerprint density at radius 3 is 1.97 bits per heavy atom. The molecule has 0 saturated heterocycles. The first-order chi connectivity index (χ1) is 15.1. The van der Waals surface area contributed by atoms with Gasteiger partial charge in [0.05, 0.1) is 10.3 Å². The summed E-state index contributed by atoms with van der Waals surface area (Å²) in [7, 11) is 0. The van der Waals surface area contributed by atoms with Gasteiger partial charge in [0.1, 0.15) is 0 Å². The molecular weight excluding hydrogens is 418 g/mol. The van der Waals surface area contributed by atoms with Crippen LogP contribution in [0.5, 0.6) is 0 Å². The van der Waals surface area contributed by atoms with Crippen LogP contribution < -0.4 is 11.7 Å². The smallest absolute Gasteiger partial charge is 0.331 e. The molecule has 0 bridgehead atoms. The highest BCUT2D eigenvalue weighted by Gasteiger charge is 2.34. The molecule has 0 radical (unpaired) electrons. The second kappa shape index (κ2) is 11.9. The molecule has 0 amide bonds. The normalized spacial score (nSPS) is 16.3. The van der Waals surface area contributed by atoms with Crippen LogP contribution in [-0.2, 0) is 9.59 Å². The first kappa shape index (κ1) is 25.9. The number of aliphatic carboxylic acids is 2. The Morgan fingerprint density at radius 2 is 1.50 bits per heavy atom. The number of benzene rings is 2. The van der Waals surface area contributed by atoms with Gasteiger partial charge in [0.25, 0.3) is 5.69 Å². The zero-order chi connectivity index (χ0) is 24.3. The van der Waals surface area contributed by atoms with Gasteiger partial charge in [-0.05, 0) is 25.5 Å². The summed E-state index contributed by atoms with van der Waals surface area (Å²) in [6, 6.07) is 14.4. The summed E-state index contributed by atoms with van der Waals surface area (Å²) < 4.78 is 0. The lowest BCUT2D eigenvalue weighted by atomic mass is 9.80. The standard InChI is InChI=1S/C13H9NO3.C9H10O4.H4N2/c15-13(10-4-2-1-3-5-10)11-6-8-12(9-7-11)14(16)17;1-9(8(12)13)4-2-3-6(5-9)7(10)11;1-2/h1-9H;2-4H,5H2,1H3,(H,10,11)(H,12,13);1-2H2. The number of carbonyl (C=O) groups excluding carboxylic acids is 1. The Morgan fingerprint density at radius 1 is 0.969 bits per heavy atom. The van der Waals surface area contributed by atoms with E-state index >= 15 is 0 Å². The molecule has 1 atom stereocenters. The van der Waals surface area contributed by atoms with Crippen molar-refractivity contribution in [2.24, 2.45) is 17.1 Å². The van der Waals surface area contributed by atoms with Gasteiger partial charge in [-0.25, -0.2) is 4.79 Å². The minimum Gasteiger partial charge on any atom is -0.481 e. The van der Waals surface area contributed by atoms with Crippen LogP contribution in [0.3, 0.4) is 0 Å². The Labute approximate surface area is 183 Å². The largest absolute Gasteiger partial charge is 0.481 e. The van der Waals surface area contributed by atoms with Crippen LogP contribution >= 0.6 is 0 Å². The molecule has 0 aliphatic heterocycles. The molecule has 1 unspecified atom stereocenters. The Balaban J connectivity index is 0.000000307. The van der Waals surface area contributed by atoms with Gasteiger partial charge in [0.15, 0.2) is 5.78 Å². The van der Waals surface area contributed by atoms with E-state index in [4.69, 9.17) is 10.2 Å². The third-order valence-corrected chi connectivity index (χ3v) is 4.46. The third-order valence-electron chi connectivity index (χ3n) is 4.46. The summed E-state index contributed by atoms with van der Waals surface area (Å²) in [5.74, 6) is 5.80. The van der Waals surface area contributed by atoms with Crippen molar-refractivity contribution >= 4 is 23.4 Å². The minimum absolute atomic E-state index is 0.0189. The fourth-order valence-electron chi connectivity index (χ4n) is 2.67. The van der Waals surface area contributed by atoms with Crippen molar-refractivity contribution in [3.63, 3.8) is 0 Å². The van der Waals surface area contributed by atoms with Gasteiger partial charge in [0.2, 0.25) is 0 Å². The monoisotopic (exact) mass is 441 g/mol. The van der Waals surface area contributed by atoms with Crippen molar-refractivity contribution in [2.45, 2.75) is 13.3 Å². The van der Waals surface area contributed by atoms with E-state index in [0.29, 0.717) is 11.1 Å². The van der Waals surface area contributed by atoms with Crippen LogP contribution in [0.2, 0.25) is 0 Å². The third kappa shape index (κ3) is 6.97. The van der Waals surface area contributed by atoms with E-state index in [1.165, 1.54) is 49.4 Å². The maximum Gasteiger partial charge on any atom is 0.331 e. The molecule has 2 aromatic carbocycles. The molecule has 0 saturated carbocycles. The molecule has 2 aromatic rings. The molecule has 32 heavy (non-hydrogen) atoms. The molecule has 1 aliphatic carbocycles. The van der Waals surface area contributed by atoms with Crippen molar-refractivity contribution in [3.05, 3.63) is 99.6 Å². The van der Waals surface area contributed by atoms with Gasteiger partial charge in [-0.2, -0.15) is 0 Å². The molecule has 0 spiro atoms. The molecule has 10 heteroatoms. The van der Waals surface area contributed by atoms with Crippen molar-refractivity contribution in [1.82, 2.24) is 0 Å². The van der Waals surface area contributed by atoms with Crippen LogP contribution in [0.25, 0.3) is 0 Å². The van der Waals surface area contributed by atoms with E-state index < -0.39 is 22.3 Å². The number of ketones is 1. The van der Waals surface area contributed by atoms with Gasteiger partial charge in [-0.3, -0.25) is 31.4 Å². The minimum atomic E-state index is -1.08. The molecular formula is C22H23N3O7. The summed E-state index contributed by atoms with van der Waals surface area (Å²) in [6.07, 6.45) is 4.43. The van der Waals surface area contributed by atoms with E-state index in [2.05, 4.69) is 11.7 Å². The number of carboxylic acids is 2. The number of allylic oxidation sites excluding steroid dienone is 2. The molecule has 0 heterocycles. The quantitative estimate of drug-likeness (QED) is 0.234. The van der Waals surface area contributed by atoms with E-state index in [9.17, 15) is 24.5 Å². The summed E-state index contributed by atoms with van der Waals surface area (Å²) in [6.45, 7) is 1.50. The van der Waals surface area contributed by atoms with E-state index in [1.807, 2.05) is 6.07 Å². The number of nitro benzene ring substituents is 1. The lowest BCUT2D eigenvalue weighted by Gasteiger charge is -2.23. The highest BCUT2D eigenvalue weighted by molar-refractivity contribution is 6.09. The number of carbonyl (C=O) groups is 3. The fourth-order valence-corrected chi connectivity index (χ4v) is 2.67. The number of carboxylic acid groups (broad SMARTS) is 2. The zero-order valence-corrected chi connectivity index (χ0v) is 17.2. The van der Waals surface area contributed by atoms with E-state index in [-0.39, 0.29) is 23.5 Å². The van der Waals surface area contributed by atoms with Crippen LogP contribution in [0.4, 0.5) is 5.69 Å². The molecule has 168 valence electrons. The summed E-state index contributed by atoms with van der Waals surface area (Å²) in [4.78, 5) is 43.3. The first-order valence-electron chi connectivity index (χ1n) is 9.16. The lowest BCUT2D eigenvalue weighted by Crippen LogP contribution is -2.28. The Hall–Kier alpha value is -4.15. The second-order valence-corrected chi connectivity index (χ2v) is 6.75. The average molecular weight is 441 g/mol. The summed E-state index contributed by atoms with van der Waals surface area (Å²) >= 11 is 0. The second-order valence-electron chi connectivity index (χ2n) is 6.75. The van der Waals surface area contributed by atoms with E-state index in [1.54, 1.807) is 24.3 Å². The molecule has 0 aromatic heterocycles. The zero-order valence-electron chi connectivity index (χ0n) is 17.2. The van der Waals surface area contributed by atoms with Crippen molar-refractivity contribution in [2.75, 3.05) is 0 Å². The number of nitro groups is 1. The number of non-ortho nitro benzene ring substituents is 1. The van der Waals surface area contributed by atoms with Crippen LogP contribution in [-0.4, -0.2) is 32.9 Å². The van der Waals surface area contributed by atoms with Crippen molar-refractivity contribution in [3.8, 4) is 0 Å². The molecule has 6 N–H and O–H groups in total. The van der Waals surface area contributed by atoms with Crippen LogP contribution in [0.1, 0.15) is 29.3 Å². The molecule has 10 nitrogen and oxygen atoms in total. The first-order valence-corrected chi connectivity index (χ1v) is 9.16. The number of nitrogens with two attached hydrogens (primary N) is 2. The van der Waals surface area contributed by atoms with Gasteiger partial charge < -0.3 is 10.2 Å². The van der Waals surface area contributed by atoms with E-state index in [0.717, 1.165) is 0 Å². The number of hydrogen-bond acceptors (Lipinski definition) is 7. The molecule has 3 rings (SSSR count). The molecule has 1 aliphatic rings. The maximum absolute atomic E-state index is 12.0. The highest BCUT2D eigenvalue weighted by Crippen LogP contribution is 2.31. The number of hydrazine groups is 1. The van der Waals surface area contributed by atoms with Crippen LogP contribution in [0.15, 0.2) is 78.4 Å². The number of rotatable bonds is 5. The average Bonchev–Trinajstić information content (AvgIpc) is 2.81. The van der Waals surface area contributed by atoms with Gasteiger partial charge in [-0.1, -0.05) is 48.6 Å². The number of nitrogens with zero attached hydrogens (tertiary/aromatic N) is 1. The number of hydrogen-bond donors (Lipinski definition) is 4. The Kier molecular flexibility index (Phi) is 9.62. The van der Waals surface area contributed by atoms with Gasteiger partial charge in [0, 0.05) is 28.8 Å². The van der Waals surface area contributed by atoms with Crippen LogP contribution in [0, 0.1) is 15.5 Å². The van der Waals surface area contributed by atoms with Gasteiger partial charge >= 0.3 is 11.9 Å². The predicted octanol–water partition coefficient (Wildman–Crippen LogP) is 2.69. The SMILES string of the molecule is CC1(C(=O)O)C=CC=C(C(=O)O)C1.NN.O=C(c1ccccc1)c1ccc([N+](=O)[O-])cc1. The fraction of sp³-hybridized carbons (Fsp3) is 0.136. The maximum atomic E-state index is 12.0. The Bertz CT molecular complexity index is 1030. The van der Waals surface area contributed by atoms with Crippen molar-refractivity contribution < 1.29 is 29.5 Å².